The van der Waals surface area contributed by atoms with Gasteiger partial charge < -0.3 is 9.30 Å². The molecule has 0 spiro atoms. The molecule has 1 atom stereocenters. The molecule has 2 aromatic carbocycles. The van der Waals surface area contributed by atoms with E-state index in [0.29, 0.717) is 11.6 Å². The second-order valence-electron chi connectivity index (χ2n) is 6.10. The summed E-state index contributed by atoms with van der Waals surface area (Å²) < 4.78 is 7.45. The number of fused-ring (bicyclic) bond motifs is 1. The van der Waals surface area contributed by atoms with Gasteiger partial charge in [0.1, 0.15) is 18.2 Å². The lowest BCUT2D eigenvalue weighted by Crippen LogP contribution is -2.21. The molecule has 3 rings (SSSR count). The Balaban J connectivity index is 1.83. The van der Waals surface area contributed by atoms with Gasteiger partial charge in [-0.3, -0.25) is 4.79 Å². The Kier molecular flexibility index (Phi) is 4.53. The highest BCUT2D eigenvalue weighted by atomic mass is 16.5. The lowest BCUT2D eigenvalue weighted by molar-refractivity contribution is -0.121. The first-order chi connectivity index (χ1) is 12.0. The molecule has 0 fully saturated rings. The number of ether oxygens (including phenoxy) is 1. The topological polar surface area (TPSA) is 67.9 Å². The third-order valence-corrected chi connectivity index (χ3v) is 4.24. The summed E-state index contributed by atoms with van der Waals surface area (Å²) in [6.45, 7) is 3.73. The molecule has 0 aliphatic rings. The number of imidazole rings is 1. The van der Waals surface area contributed by atoms with Crippen LogP contribution < -0.4 is 4.74 Å². The molecule has 0 saturated carbocycles. The van der Waals surface area contributed by atoms with Gasteiger partial charge in [-0.25, -0.2) is 4.98 Å². The van der Waals surface area contributed by atoms with Crippen molar-refractivity contribution in [3.05, 3.63) is 59.4 Å². The zero-order chi connectivity index (χ0) is 18.0. The Morgan fingerprint density at radius 3 is 2.76 bits per heavy atom. The van der Waals surface area contributed by atoms with E-state index in [0.717, 1.165) is 22.2 Å². The molecule has 0 amide bonds. The first kappa shape index (κ1) is 16.7. The summed E-state index contributed by atoms with van der Waals surface area (Å²) in [5.74, 6) is -0.155. The van der Waals surface area contributed by atoms with Crippen LogP contribution in [-0.2, 0) is 11.8 Å². The molecule has 3 aromatic rings. The zero-order valence-electron chi connectivity index (χ0n) is 14.5. The van der Waals surface area contributed by atoms with Gasteiger partial charge in [-0.2, -0.15) is 5.26 Å². The van der Waals surface area contributed by atoms with Gasteiger partial charge in [0.25, 0.3) is 0 Å². The fourth-order valence-electron chi connectivity index (χ4n) is 2.79. The maximum atomic E-state index is 12.6. The molecule has 126 valence electrons. The lowest BCUT2D eigenvalue weighted by Gasteiger charge is -2.12. The molecule has 0 saturated heterocycles. The molecule has 1 aromatic heterocycles. The van der Waals surface area contributed by atoms with E-state index in [1.165, 1.54) is 0 Å². The number of para-hydroxylation sites is 2. The number of aromatic nitrogens is 2. The van der Waals surface area contributed by atoms with Gasteiger partial charge >= 0.3 is 0 Å². The van der Waals surface area contributed by atoms with Gasteiger partial charge in [0.05, 0.1) is 17.1 Å². The second-order valence-corrected chi connectivity index (χ2v) is 6.10. The molecular formula is C20H19N3O2. The number of carbonyl (C=O) groups is 1. The summed E-state index contributed by atoms with van der Waals surface area (Å²) in [6.07, 6.45) is 0. The normalized spacial score (nSPS) is 11.9. The van der Waals surface area contributed by atoms with E-state index in [4.69, 9.17) is 4.74 Å². The quantitative estimate of drug-likeness (QED) is 0.717. The SMILES string of the molecule is Cc1ccc(C)c(OCC(=O)C(C#N)c2nc3ccccc3n2C)c1. The highest BCUT2D eigenvalue weighted by Gasteiger charge is 2.26. The van der Waals surface area contributed by atoms with Gasteiger partial charge in [-0.1, -0.05) is 24.3 Å². The maximum Gasteiger partial charge on any atom is 0.194 e. The molecule has 1 unspecified atom stereocenters. The van der Waals surface area contributed by atoms with Crippen LogP contribution in [0.25, 0.3) is 11.0 Å². The van der Waals surface area contributed by atoms with Crippen LogP contribution in [0.5, 0.6) is 5.75 Å². The minimum atomic E-state index is -0.956. The van der Waals surface area contributed by atoms with Crippen LogP contribution in [-0.4, -0.2) is 21.9 Å². The van der Waals surface area contributed by atoms with Crippen molar-refractivity contribution in [2.75, 3.05) is 6.61 Å². The molecule has 5 nitrogen and oxygen atoms in total. The van der Waals surface area contributed by atoms with E-state index in [1.807, 2.05) is 63.4 Å². The van der Waals surface area contributed by atoms with Crippen molar-refractivity contribution in [2.45, 2.75) is 19.8 Å². The average molecular weight is 333 g/mol. The number of nitriles is 1. The van der Waals surface area contributed by atoms with Crippen LogP contribution in [0.4, 0.5) is 0 Å². The lowest BCUT2D eigenvalue weighted by atomic mass is 10.1. The summed E-state index contributed by atoms with van der Waals surface area (Å²) >= 11 is 0. The fourth-order valence-corrected chi connectivity index (χ4v) is 2.79. The first-order valence-corrected chi connectivity index (χ1v) is 8.05. The second kappa shape index (κ2) is 6.78. The molecular weight excluding hydrogens is 314 g/mol. The third-order valence-electron chi connectivity index (χ3n) is 4.24. The fraction of sp³-hybridized carbons (Fsp3) is 0.250. The third kappa shape index (κ3) is 3.24. The largest absolute Gasteiger partial charge is 0.485 e. The van der Waals surface area contributed by atoms with E-state index in [-0.39, 0.29) is 12.4 Å². The molecule has 25 heavy (non-hydrogen) atoms. The zero-order valence-corrected chi connectivity index (χ0v) is 14.5. The Labute approximate surface area is 146 Å². The number of aryl methyl sites for hydroxylation is 3. The standard InChI is InChI=1S/C20H19N3O2/c1-13-8-9-14(2)19(10-13)25-12-18(24)15(11-21)20-22-16-6-4-5-7-17(16)23(20)3/h4-10,15H,12H2,1-3H3. The highest BCUT2D eigenvalue weighted by Crippen LogP contribution is 2.23. The van der Waals surface area contributed by atoms with Gasteiger partial charge in [0, 0.05) is 7.05 Å². The smallest absolute Gasteiger partial charge is 0.194 e. The molecule has 0 N–H and O–H groups in total. The summed E-state index contributed by atoms with van der Waals surface area (Å²) in [4.78, 5) is 17.0. The summed E-state index contributed by atoms with van der Waals surface area (Å²) in [5.41, 5.74) is 3.67. The minimum absolute atomic E-state index is 0.161. The number of Topliss-reactive ketones (excluding diaryl/α,β-unsaturated/α-hetero) is 1. The van der Waals surface area contributed by atoms with Crippen molar-refractivity contribution in [1.82, 2.24) is 9.55 Å². The number of hydrogen-bond donors (Lipinski definition) is 0. The van der Waals surface area contributed by atoms with Gasteiger partial charge in [0.15, 0.2) is 11.7 Å². The van der Waals surface area contributed by atoms with Crippen LogP contribution >= 0.6 is 0 Å². The molecule has 1 heterocycles. The highest BCUT2D eigenvalue weighted by molar-refractivity contribution is 5.90. The van der Waals surface area contributed by atoms with Crippen molar-refractivity contribution < 1.29 is 9.53 Å². The molecule has 0 radical (unpaired) electrons. The van der Waals surface area contributed by atoms with Crippen LogP contribution in [0, 0.1) is 25.2 Å². The van der Waals surface area contributed by atoms with Crippen molar-refractivity contribution in [1.29, 1.82) is 5.26 Å². The minimum Gasteiger partial charge on any atom is -0.485 e. The van der Waals surface area contributed by atoms with Crippen LogP contribution in [0.2, 0.25) is 0 Å². The van der Waals surface area contributed by atoms with Crippen LogP contribution in [0.1, 0.15) is 22.9 Å². The van der Waals surface area contributed by atoms with E-state index in [2.05, 4.69) is 11.1 Å². The summed E-state index contributed by atoms with van der Waals surface area (Å²) in [7, 11) is 1.81. The summed E-state index contributed by atoms with van der Waals surface area (Å²) in [6, 6.07) is 15.5. The Morgan fingerprint density at radius 1 is 1.28 bits per heavy atom. The Morgan fingerprint density at radius 2 is 2.04 bits per heavy atom. The molecule has 0 bridgehead atoms. The number of ketones is 1. The Hall–Kier alpha value is -3.13. The molecule has 0 aliphatic heterocycles. The predicted molar refractivity (Wildman–Crippen MR) is 95.5 cm³/mol. The molecule has 0 aliphatic carbocycles. The van der Waals surface area contributed by atoms with E-state index >= 15 is 0 Å². The van der Waals surface area contributed by atoms with Crippen molar-refractivity contribution >= 4 is 16.8 Å². The Bertz CT molecular complexity index is 982. The van der Waals surface area contributed by atoms with Gasteiger partial charge in [-0.05, 0) is 43.2 Å². The van der Waals surface area contributed by atoms with Gasteiger partial charge in [0.2, 0.25) is 0 Å². The van der Waals surface area contributed by atoms with Crippen molar-refractivity contribution in [3.8, 4) is 11.8 Å². The monoisotopic (exact) mass is 333 g/mol. The number of benzene rings is 2. The van der Waals surface area contributed by atoms with Crippen molar-refractivity contribution in [2.24, 2.45) is 7.05 Å². The van der Waals surface area contributed by atoms with Crippen molar-refractivity contribution in [3.63, 3.8) is 0 Å². The number of hydrogen-bond acceptors (Lipinski definition) is 4. The predicted octanol–water partition coefficient (Wildman–Crippen LogP) is 3.45. The number of carbonyl (C=O) groups excluding carboxylic acids is 1. The van der Waals surface area contributed by atoms with E-state index in [1.54, 1.807) is 4.57 Å². The first-order valence-electron chi connectivity index (χ1n) is 8.05. The van der Waals surface area contributed by atoms with Gasteiger partial charge in [-0.15, -0.1) is 0 Å². The average Bonchev–Trinajstić information content (AvgIpc) is 2.93. The summed E-state index contributed by atoms with van der Waals surface area (Å²) in [5, 5.41) is 9.52. The van der Waals surface area contributed by atoms with Crippen LogP contribution in [0.15, 0.2) is 42.5 Å². The number of rotatable bonds is 5. The van der Waals surface area contributed by atoms with E-state index in [9.17, 15) is 10.1 Å². The van der Waals surface area contributed by atoms with E-state index < -0.39 is 5.92 Å². The van der Waals surface area contributed by atoms with Crippen LogP contribution in [0.3, 0.4) is 0 Å². The maximum absolute atomic E-state index is 12.6. The number of nitrogens with zero attached hydrogens (tertiary/aromatic N) is 3. The molecule has 5 heteroatoms.